The molecular weight excluding hydrogens is 350 g/mol. The zero-order valence-corrected chi connectivity index (χ0v) is 15.6. The van der Waals surface area contributed by atoms with Crippen LogP contribution in [0.15, 0.2) is 77.6 Å². The van der Waals surface area contributed by atoms with Gasteiger partial charge in [0.1, 0.15) is 5.82 Å². The smallest absolute Gasteiger partial charge is 0.193 e. The Morgan fingerprint density at radius 3 is 2.79 bits per heavy atom. The highest BCUT2D eigenvalue weighted by atomic mass is 16.3. The van der Waals surface area contributed by atoms with Gasteiger partial charge in [-0.2, -0.15) is 0 Å². The van der Waals surface area contributed by atoms with Crippen LogP contribution in [0, 0.1) is 6.92 Å². The predicted molar refractivity (Wildman–Crippen MR) is 114 cm³/mol. The summed E-state index contributed by atoms with van der Waals surface area (Å²) in [6.07, 6.45) is 10.9. The lowest BCUT2D eigenvalue weighted by molar-refractivity contribution is 0.277. The number of rotatable bonds is 4. The summed E-state index contributed by atoms with van der Waals surface area (Å²) in [6, 6.07) is 13.1. The Labute approximate surface area is 163 Å². The van der Waals surface area contributed by atoms with E-state index in [1.807, 2.05) is 60.1 Å². The summed E-state index contributed by atoms with van der Waals surface area (Å²) >= 11 is 0. The fourth-order valence-electron chi connectivity index (χ4n) is 3.40. The molecule has 0 radical (unpaired) electrons. The number of nitrogens with one attached hydrogen (secondary N) is 1. The zero-order chi connectivity index (χ0) is 19.5. The minimum absolute atomic E-state index is 0.101. The van der Waals surface area contributed by atoms with E-state index in [2.05, 4.69) is 22.5 Å². The Morgan fingerprint density at radius 1 is 1.18 bits per heavy atom. The average molecular weight is 371 g/mol. The molecule has 0 aliphatic heterocycles. The number of aryl methyl sites for hydroxylation is 1. The number of aliphatic hydroxyl groups is 1. The van der Waals surface area contributed by atoms with Crippen LogP contribution in [0.5, 0.6) is 0 Å². The second kappa shape index (κ2) is 7.66. The summed E-state index contributed by atoms with van der Waals surface area (Å²) in [5.41, 5.74) is 3.56. The standard InChI is InChI=1S/C23H21N3O2/c1-16-13-18(15-27)25-23-22(16)20(28)14-21(24-17-9-5-4-6-10-17)26(23)19-11-7-2-3-8-12-19/h2-7,9-14,24,27H,8,15H2,1H3. The minimum Gasteiger partial charge on any atom is -0.390 e. The molecule has 1 aliphatic rings. The number of allylic oxidation sites excluding steroid dienone is 6. The summed E-state index contributed by atoms with van der Waals surface area (Å²) in [5, 5.41) is 13.5. The van der Waals surface area contributed by atoms with Crippen LogP contribution in [-0.4, -0.2) is 14.7 Å². The first-order valence-electron chi connectivity index (χ1n) is 9.20. The number of hydrogen-bond donors (Lipinski definition) is 2. The van der Waals surface area contributed by atoms with Crippen LogP contribution < -0.4 is 10.7 Å². The molecular formula is C23H21N3O2. The van der Waals surface area contributed by atoms with Gasteiger partial charge in [0.05, 0.1) is 17.7 Å². The van der Waals surface area contributed by atoms with Gasteiger partial charge in [-0.25, -0.2) is 4.98 Å². The third-order valence-corrected chi connectivity index (χ3v) is 4.66. The third kappa shape index (κ3) is 3.40. The maximum Gasteiger partial charge on any atom is 0.193 e. The van der Waals surface area contributed by atoms with Crippen molar-refractivity contribution in [3.63, 3.8) is 0 Å². The molecule has 140 valence electrons. The van der Waals surface area contributed by atoms with E-state index in [9.17, 15) is 9.90 Å². The number of para-hydroxylation sites is 1. The Bertz CT molecular complexity index is 1170. The lowest BCUT2D eigenvalue weighted by atomic mass is 10.1. The van der Waals surface area contributed by atoms with Crippen molar-refractivity contribution in [3.05, 3.63) is 94.3 Å². The molecule has 0 amide bonds. The quantitative estimate of drug-likeness (QED) is 0.718. The van der Waals surface area contributed by atoms with Crippen molar-refractivity contribution in [3.8, 4) is 0 Å². The average Bonchev–Trinajstić information content (AvgIpc) is 2.97. The zero-order valence-electron chi connectivity index (χ0n) is 15.6. The van der Waals surface area contributed by atoms with Crippen molar-refractivity contribution < 1.29 is 5.11 Å². The van der Waals surface area contributed by atoms with E-state index >= 15 is 0 Å². The summed E-state index contributed by atoms with van der Waals surface area (Å²) in [6.45, 7) is 1.69. The van der Waals surface area contributed by atoms with Gasteiger partial charge >= 0.3 is 0 Å². The highest BCUT2D eigenvalue weighted by molar-refractivity contribution is 5.87. The molecule has 2 heterocycles. The van der Waals surface area contributed by atoms with Gasteiger partial charge in [0.25, 0.3) is 0 Å². The number of aliphatic hydroxyl groups excluding tert-OH is 1. The molecule has 3 aromatic rings. The maximum atomic E-state index is 12.9. The fourth-order valence-corrected chi connectivity index (χ4v) is 3.40. The predicted octanol–water partition coefficient (Wildman–Crippen LogP) is 4.30. The van der Waals surface area contributed by atoms with Crippen LogP contribution in [0.4, 0.5) is 11.5 Å². The normalized spacial score (nSPS) is 13.4. The number of benzene rings is 1. The summed E-state index contributed by atoms with van der Waals surface area (Å²) in [7, 11) is 0. The van der Waals surface area contributed by atoms with Crippen molar-refractivity contribution in [2.75, 3.05) is 5.32 Å². The van der Waals surface area contributed by atoms with Gasteiger partial charge in [-0.05, 0) is 43.2 Å². The van der Waals surface area contributed by atoms with Crippen LogP contribution in [-0.2, 0) is 6.61 Å². The lowest BCUT2D eigenvalue weighted by Gasteiger charge is -2.19. The van der Waals surface area contributed by atoms with Crippen LogP contribution in [0.3, 0.4) is 0 Å². The monoisotopic (exact) mass is 371 g/mol. The molecule has 1 aromatic carbocycles. The topological polar surface area (TPSA) is 67.2 Å². The first-order valence-corrected chi connectivity index (χ1v) is 9.20. The van der Waals surface area contributed by atoms with Crippen molar-refractivity contribution in [2.45, 2.75) is 20.0 Å². The molecule has 1 aliphatic carbocycles. The van der Waals surface area contributed by atoms with Gasteiger partial charge in [0, 0.05) is 17.5 Å². The molecule has 2 aromatic heterocycles. The van der Waals surface area contributed by atoms with E-state index in [-0.39, 0.29) is 12.0 Å². The highest BCUT2D eigenvalue weighted by Gasteiger charge is 2.16. The molecule has 5 nitrogen and oxygen atoms in total. The van der Waals surface area contributed by atoms with Crippen molar-refractivity contribution in [1.29, 1.82) is 0 Å². The van der Waals surface area contributed by atoms with Gasteiger partial charge in [-0.3, -0.25) is 9.36 Å². The number of pyridine rings is 2. The van der Waals surface area contributed by atoms with E-state index in [0.717, 1.165) is 23.4 Å². The van der Waals surface area contributed by atoms with Crippen LogP contribution in [0.1, 0.15) is 17.7 Å². The van der Waals surface area contributed by atoms with E-state index in [4.69, 9.17) is 0 Å². The van der Waals surface area contributed by atoms with Crippen LogP contribution in [0.25, 0.3) is 16.7 Å². The Balaban J connectivity index is 2.03. The number of fused-ring (bicyclic) bond motifs is 1. The van der Waals surface area contributed by atoms with Gasteiger partial charge < -0.3 is 10.4 Å². The summed E-state index contributed by atoms with van der Waals surface area (Å²) in [5.74, 6) is 0.628. The molecule has 2 N–H and O–H groups in total. The number of hydrogen-bond acceptors (Lipinski definition) is 4. The van der Waals surface area contributed by atoms with Gasteiger partial charge in [-0.1, -0.05) is 42.5 Å². The second-order valence-electron chi connectivity index (χ2n) is 6.66. The molecule has 0 unspecified atom stereocenters. The minimum atomic E-state index is -0.183. The second-order valence-corrected chi connectivity index (χ2v) is 6.66. The molecule has 5 heteroatoms. The third-order valence-electron chi connectivity index (χ3n) is 4.66. The number of nitrogens with zero attached hydrogens (tertiary/aromatic N) is 2. The molecule has 0 atom stereocenters. The molecule has 28 heavy (non-hydrogen) atoms. The molecule has 0 saturated carbocycles. The summed E-state index contributed by atoms with van der Waals surface area (Å²) in [4.78, 5) is 17.5. The molecule has 0 spiro atoms. The van der Waals surface area contributed by atoms with E-state index < -0.39 is 0 Å². The number of aromatic nitrogens is 2. The molecule has 0 bridgehead atoms. The van der Waals surface area contributed by atoms with Crippen molar-refractivity contribution >= 4 is 28.2 Å². The summed E-state index contributed by atoms with van der Waals surface area (Å²) < 4.78 is 1.94. The maximum absolute atomic E-state index is 12.9. The van der Waals surface area contributed by atoms with Gasteiger partial charge in [0.2, 0.25) is 0 Å². The van der Waals surface area contributed by atoms with Crippen molar-refractivity contribution in [1.82, 2.24) is 9.55 Å². The van der Waals surface area contributed by atoms with E-state index in [1.165, 1.54) is 0 Å². The molecule has 0 fully saturated rings. The van der Waals surface area contributed by atoms with E-state index in [1.54, 1.807) is 12.1 Å². The first kappa shape index (κ1) is 17.9. The van der Waals surface area contributed by atoms with Crippen LogP contribution in [0.2, 0.25) is 0 Å². The highest BCUT2D eigenvalue weighted by Crippen LogP contribution is 2.27. The first-order chi connectivity index (χ1) is 13.7. The Kier molecular flexibility index (Phi) is 4.91. The Hall–Kier alpha value is -3.44. The van der Waals surface area contributed by atoms with E-state index in [0.29, 0.717) is 22.5 Å². The largest absolute Gasteiger partial charge is 0.390 e. The lowest BCUT2D eigenvalue weighted by Crippen LogP contribution is -2.15. The van der Waals surface area contributed by atoms with Gasteiger partial charge in [0.15, 0.2) is 11.1 Å². The van der Waals surface area contributed by atoms with Crippen molar-refractivity contribution in [2.24, 2.45) is 0 Å². The Morgan fingerprint density at radius 2 is 2.00 bits per heavy atom. The van der Waals surface area contributed by atoms with Crippen LogP contribution >= 0.6 is 0 Å². The number of anilines is 2. The molecule has 0 saturated heterocycles. The fraction of sp³-hybridized carbons (Fsp3) is 0.130. The SMILES string of the molecule is Cc1cc(CO)nc2c1c(=O)cc(Nc1ccccc1)n2C1=CCC=CC=C1. The van der Waals surface area contributed by atoms with Gasteiger partial charge in [-0.15, -0.1) is 0 Å². The molecule has 4 rings (SSSR count).